The van der Waals surface area contributed by atoms with Crippen LogP contribution in [-0.2, 0) is 0 Å². The molecule has 0 unspecified atom stereocenters. The molecule has 20 heavy (non-hydrogen) atoms. The second-order valence-corrected chi connectivity index (χ2v) is 4.62. The third-order valence-electron chi connectivity index (χ3n) is 3.12. The van der Waals surface area contributed by atoms with Gasteiger partial charge in [0.05, 0.1) is 14.2 Å². The summed E-state index contributed by atoms with van der Waals surface area (Å²) in [4.78, 5) is 8.89. The molecule has 0 aliphatic heterocycles. The van der Waals surface area contributed by atoms with Gasteiger partial charge in [0, 0.05) is 35.1 Å². The van der Waals surface area contributed by atoms with Gasteiger partial charge in [0.15, 0.2) is 5.82 Å². The van der Waals surface area contributed by atoms with Gasteiger partial charge in [0.1, 0.15) is 11.5 Å². The first-order chi connectivity index (χ1) is 9.55. The quantitative estimate of drug-likeness (QED) is 0.926. The highest BCUT2D eigenvalue weighted by molar-refractivity contribution is 5.61. The maximum Gasteiger partial charge on any atom is 0.159 e. The summed E-state index contributed by atoms with van der Waals surface area (Å²) in [6.45, 7) is 3.85. The number of benzene rings is 1. The van der Waals surface area contributed by atoms with E-state index in [9.17, 15) is 0 Å². The van der Waals surface area contributed by atoms with Crippen LogP contribution < -0.4 is 15.2 Å². The van der Waals surface area contributed by atoms with Crippen molar-refractivity contribution < 1.29 is 9.47 Å². The van der Waals surface area contributed by atoms with Gasteiger partial charge in [0.2, 0.25) is 0 Å². The van der Waals surface area contributed by atoms with E-state index in [1.165, 1.54) is 0 Å². The van der Waals surface area contributed by atoms with Gasteiger partial charge in [-0.2, -0.15) is 0 Å². The van der Waals surface area contributed by atoms with Crippen LogP contribution in [-0.4, -0.2) is 24.2 Å². The van der Waals surface area contributed by atoms with Crippen molar-refractivity contribution >= 4 is 0 Å². The van der Waals surface area contributed by atoms with Crippen LogP contribution in [0, 0.1) is 6.92 Å². The maximum absolute atomic E-state index is 5.87. The lowest BCUT2D eigenvalue weighted by Crippen LogP contribution is -2.09. The van der Waals surface area contributed by atoms with Gasteiger partial charge in [0.25, 0.3) is 0 Å². The Morgan fingerprint density at radius 2 is 1.70 bits per heavy atom. The fourth-order valence-electron chi connectivity index (χ4n) is 2.00. The second-order valence-electron chi connectivity index (χ2n) is 4.62. The van der Waals surface area contributed by atoms with Crippen LogP contribution in [0.3, 0.4) is 0 Å². The van der Waals surface area contributed by atoms with Crippen LogP contribution in [0.5, 0.6) is 11.5 Å². The molecular formula is C15H19N3O2. The molecule has 2 aromatic rings. The number of ether oxygens (including phenoxy) is 2. The molecule has 0 saturated carbocycles. The van der Waals surface area contributed by atoms with E-state index >= 15 is 0 Å². The molecule has 0 aliphatic rings. The van der Waals surface area contributed by atoms with E-state index in [0.29, 0.717) is 17.3 Å². The van der Waals surface area contributed by atoms with Crippen molar-refractivity contribution in [3.8, 4) is 22.9 Å². The summed E-state index contributed by atoms with van der Waals surface area (Å²) in [7, 11) is 3.23. The van der Waals surface area contributed by atoms with Crippen LogP contribution in [0.4, 0.5) is 0 Å². The number of nitrogens with zero attached hydrogens (tertiary/aromatic N) is 2. The van der Waals surface area contributed by atoms with Crippen LogP contribution in [0.1, 0.15) is 24.2 Å². The number of methoxy groups -OCH3 is 2. The van der Waals surface area contributed by atoms with Crippen LogP contribution in [0.25, 0.3) is 11.4 Å². The molecule has 5 nitrogen and oxygen atoms in total. The van der Waals surface area contributed by atoms with Crippen LogP contribution in [0.2, 0.25) is 0 Å². The molecule has 2 N–H and O–H groups in total. The highest BCUT2D eigenvalue weighted by atomic mass is 16.5. The number of hydrogen-bond donors (Lipinski definition) is 1. The molecule has 0 radical (unpaired) electrons. The van der Waals surface area contributed by atoms with Gasteiger partial charge in [-0.25, -0.2) is 9.97 Å². The van der Waals surface area contributed by atoms with Crippen molar-refractivity contribution in [2.45, 2.75) is 19.9 Å². The van der Waals surface area contributed by atoms with Crippen molar-refractivity contribution in [3.05, 3.63) is 35.7 Å². The molecule has 0 aliphatic carbocycles. The Hall–Kier alpha value is -2.14. The molecule has 0 bridgehead atoms. The first-order valence-corrected chi connectivity index (χ1v) is 6.37. The number of aryl methyl sites for hydroxylation is 1. The summed E-state index contributed by atoms with van der Waals surface area (Å²) < 4.78 is 10.5. The molecule has 1 aromatic carbocycles. The molecule has 1 atom stereocenters. The molecule has 0 amide bonds. The van der Waals surface area contributed by atoms with E-state index in [4.69, 9.17) is 15.2 Å². The minimum absolute atomic E-state index is 0.0797. The van der Waals surface area contributed by atoms with Crippen LogP contribution in [0.15, 0.2) is 24.4 Å². The Labute approximate surface area is 118 Å². The largest absolute Gasteiger partial charge is 0.497 e. The zero-order chi connectivity index (χ0) is 14.7. The molecule has 0 fully saturated rings. The van der Waals surface area contributed by atoms with Gasteiger partial charge in [-0.1, -0.05) is 0 Å². The van der Waals surface area contributed by atoms with Crippen molar-refractivity contribution in [3.63, 3.8) is 0 Å². The predicted molar refractivity (Wildman–Crippen MR) is 77.9 cm³/mol. The average molecular weight is 273 g/mol. The molecule has 2 rings (SSSR count). The van der Waals surface area contributed by atoms with E-state index in [1.807, 2.05) is 32.0 Å². The molecule has 1 aromatic heterocycles. The molecule has 0 saturated heterocycles. The fraction of sp³-hybridized carbons (Fsp3) is 0.333. The Kier molecular flexibility index (Phi) is 4.20. The van der Waals surface area contributed by atoms with Crippen molar-refractivity contribution in [2.75, 3.05) is 14.2 Å². The normalized spacial score (nSPS) is 12.1. The third-order valence-corrected chi connectivity index (χ3v) is 3.12. The Balaban J connectivity index is 2.48. The zero-order valence-electron chi connectivity index (χ0n) is 12.2. The lowest BCUT2D eigenvalue weighted by atomic mass is 10.1. The summed E-state index contributed by atoms with van der Waals surface area (Å²) in [6, 6.07) is 5.49. The Bertz CT molecular complexity index is 590. The van der Waals surface area contributed by atoms with E-state index in [2.05, 4.69) is 9.97 Å². The standard InChI is InChI=1S/C15H19N3O2/c1-9(16)14-8-17-15(18-10(14)2)11-5-12(19-3)7-13(6-11)20-4/h5-9H,16H2,1-4H3/t9-/m0/s1. The summed E-state index contributed by atoms with van der Waals surface area (Å²) in [5.74, 6) is 2.04. The summed E-state index contributed by atoms with van der Waals surface area (Å²) in [6.07, 6.45) is 1.77. The first kappa shape index (κ1) is 14.3. The molecule has 0 spiro atoms. The van der Waals surface area contributed by atoms with Gasteiger partial charge in [-0.15, -0.1) is 0 Å². The molecule has 106 valence electrons. The van der Waals surface area contributed by atoms with Gasteiger partial charge in [-0.3, -0.25) is 0 Å². The molecule has 1 heterocycles. The van der Waals surface area contributed by atoms with E-state index in [0.717, 1.165) is 16.8 Å². The van der Waals surface area contributed by atoms with Gasteiger partial charge < -0.3 is 15.2 Å². The van der Waals surface area contributed by atoms with E-state index < -0.39 is 0 Å². The minimum atomic E-state index is -0.0797. The summed E-state index contributed by atoms with van der Waals surface area (Å²) in [5, 5.41) is 0. The second kappa shape index (κ2) is 5.88. The van der Waals surface area contributed by atoms with Crippen LogP contribution >= 0.6 is 0 Å². The lowest BCUT2D eigenvalue weighted by molar-refractivity contribution is 0.394. The molecular weight excluding hydrogens is 254 g/mol. The summed E-state index contributed by atoms with van der Waals surface area (Å²) >= 11 is 0. The SMILES string of the molecule is COc1cc(OC)cc(-c2ncc([C@H](C)N)c(C)n2)c1. The highest BCUT2D eigenvalue weighted by Gasteiger charge is 2.10. The number of aromatic nitrogens is 2. The minimum Gasteiger partial charge on any atom is -0.497 e. The van der Waals surface area contributed by atoms with Crippen molar-refractivity contribution in [1.82, 2.24) is 9.97 Å². The first-order valence-electron chi connectivity index (χ1n) is 6.37. The van der Waals surface area contributed by atoms with Gasteiger partial charge >= 0.3 is 0 Å². The smallest absolute Gasteiger partial charge is 0.159 e. The topological polar surface area (TPSA) is 70.3 Å². The van der Waals surface area contributed by atoms with E-state index in [1.54, 1.807) is 20.4 Å². The van der Waals surface area contributed by atoms with Crippen molar-refractivity contribution in [2.24, 2.45) is 5.73 Å². The van der Waals surface area contributed by atoms with E-state index in [-0.39, 0.29) is 6.04 Å². The predicted octanol–water partition coefficient (Wildman–Crippen LogP) is 2.49. The third kappa shape index (κ3) is 2.88. The average Bonchev–Trinajstić information content (AvgIpc) is 2.46. The monoisotopic (exact) mass is 273 g/mol. The highest BCUT2D eigenvalue weighted by Crippen LogP contribution is 2.28. The number of nitrogens with two attached hydrogens (primary N) is 1. The lowest BCUT2D eigenvalue weighted by Gasteiger charge is -2.11. The van der Waals surface area contributed by atoms with Gasteiger partial charge in [-0.05, 0) is 26.0 Å². The maximum atomic E-state index is 5.87. The Morgan fingerprint density at radius 1 is 1.10 bits per heavy atom. The summed E-state index contributed by atoms with van der Waals surface area (Å²) in [5.41, 5.74) is 8.55. The zero-order valence-corrected chi connectivity index (χ0v) is 12.2. The fourth-order valence-corrected chi connectivity index (χ4v) is 2.00. The number of hydrogen-bond acceptors (Lipinski definition) is 5. The Morgan fingerprint density at radius 3 is 2.15 bits per heavy atom. The van der Waals surface area contributed by atoms with Crippen molar-refractivity contribution in [1.29, 1.82) is 0 Å². The number of rotatable bonds is 4. The molecule has 5 heteroatoms.